The first-order chi connectivity index (χ1) is 12.2. The minimum Gasteiger partial charge on any atom is -0.726 e. The molecule has 0 fully saturated rings. The molecule has 0 aliphatic rings. The van der Waals surface area contributed by atoms with Crippen molar-refractivity contribution in [3.8, 4) is 0 Å². The van der Waals surface area contributed by atoms with Crippen LogP contribution in [0, 0.1) is 17.5 Å². The first-order valence-corrected chi connectivity index (χ1v) is 8.36. The number of aryl methyl sites for hydroxylation is 1. The highest BCUT2D eigenvalue weighted by molar-refractivity contribution is 7.80. The van der Waals surface area contributed by atoms with E-state index in [1.54, 1.807) is 14.1 Å². The Morgan fingerprint density at radius 2 is 2.07 bits per heavy atom. The molecule has 0 N–H and O–H groups in total. The number of rotatable bonds is 8. The third kappa shape index (κ3) is 6.28. The second kappa shape index (κ2) is 9.02. The van der Waals surface area contributed by atoms with Crippen molar-refractivity contribution in [1.29, 1.82) is 0 Å². The summed E-state index contributed by atoms with van der Waals surface area (Å²) in [7, 11) is -1.59. The Balaban J connectivity index is 0.00000364. The maximum Gasteiger partial charge on any atom is 0.298 e. The van der Waals surface area contributed by atoms with Crippen molar-refractivity contribution in [3.05, 3.63) is 42.1 Å². The second-order valence-corrected chi connectivity index (χ2v) is 6.08. The van der Waals surface area contributed by atoms with Crippen LogP contribution in [0.25, 0.3) is 0 Å². The van der Waals surface area contributed by atoms with Gasteiger partial charge in [-0.2, -0.15) is 0 Å². The fourth-order valence-corrected chi connectivity index (χ4v) is 2.13. The largest absolute Gasteiger partial charge is 0.726 e. The summed E-state index contributed by atoms with van der Waals surface area (Å²) < 4.78 is 36.8. The Hall–Kier alpha value is -3.10. The van der Waals surface area contributed by atoms with E-state index in [2.05, 4.69) is 24.6 Å². The van der Waals surface area contributed by atoms with Crippen molar-refractivity contribution in [2.24, 2.45) is 17.3 Å². The van der Waals surface area contributed by atoms with Gasteiger partial charge in [-0.25, -0.2) is 8.42 Å². The van der Waals surface area contributed by atoms with Gasteiger partial charge in [0.2, 0.25) is 10.4 Å². The highest BCUT2D eigenvalue weighted by atomic mass is 32.3. The summed E-state index contributed by atoms with van der Waals surface area (Å²) in [6.45, 7) is -0.359. The maximum absolute atomic E-state index is 11.3. The molecule has 27 heavy (non-hydrogen) atoms. The molecule has 0 aliphatic heterocycles. The summed E-state index contributed by atoms with van der Waals surface area (Å²) in [6.07, 6.45) is 1.41. The molecule has 146 valence electrons. The molecule has 0 amide bonds. The SMILES string of the molecule is CN(CCOS(=O)(=O)[O-])c1ccc(N=Nc2nncn2C)c([N+](=O)[O-])c1.[CH3+]. The average Bonchev–Trinajstić information content (AvgIpc) is 2.96. The van der Waals surface area contributed by atoms with E-state index in [9.17, 15) is 23.1 Å². The molecule has 0 aliphatic carbocycles. The van der Waals surface area contributed by atoms with Crippen molar-refractivity contribution in [3.63, 3.8) is 0 Å². The molecule has 1 aromatic heterocycles. The highest BCUT2D eigenvalue weighted by Crippen LogP contribution is 2.32. The first kappa shape index (κ1) is 21.9. The predicted molar refractivity (Wildman–Crippen MR) is 93.6 cm³/mol. The number of nitro groups is 1. The van der Waals surface area contributed by atoms with Crippen molar-refractivity contribution in [2.75, 3.05) is 25.1 Å². The van der Waals surface area contributed by atoms with E-state index in [0.717, 1.165) is 0 Å². The molecule has 1 aromatic carbocycles. The lowest BCUT2D eigenvalue weighted by Crippen LogP contribution is -2.23. The minimum atomic E-state index is -4.79. The number of anilines is 1. The molecule has 0 radical (unpaired) electrons. The zero-order chi connectivity index (χ0) is 19.3. The van der Waals surface area contributed by atoms with Gasteiger partial charge in [-0.15, -0.1) is 20.4 Å². The van der Waals surface area contributed by atoms with Crippen LogP contribution in [-0.2, 0) is 21.6 Å². The molecular formula is C13H17N7O6S. The standard InChI is InChI=1S/C12H15N7O6S.CH3/c1-17(5-6-25-26(22,23)24)9-3-4-10(11(7-9)19(20)21)14-16-12-15-13-8-18(12)2;/h3-4,7-8H,5-6H2,1-2H3,(H,22,23,24);1H3/q;+1/p-1. The average molecular weight is 399 g/mol. The van der Waals surface area contributed by atoms with Gasteiger partial charge in [-0.05, 0) is 12.1 Å². The lowest BCUT2D eigenvalue weighted by Gasteiger charge is -2.19. The van der Waals surface area contributed by atoms with E-state index in [-0.39, 0.29) is 37.9 Å². The lowest BCUT2D eigenvalue weighted by atomic mass is 10.2. The third-order valence-electron chi connectivity index (χ3n) is 3.19. The summed E-state index contributed by atoms with van der Waals surface area (Å²) in [6, 6.07) is 4.16. The van der Waals surface area contributed by atoms with Gasteiger partial charge in [0, 0.05) is 39.8 Å². The Labute approximate surface area is 155 Å². The van der Waals surface area contributed by atoms with Crippen LogP contribution in [0.2, 0.25) is 0 Å². The quantitative estimate of drug-likeness (QED) is 0.159. The molecule has 2 aromatic rings. The van der Waals surface area contributed by atoms with Crippen LogP contribution in [0.5, 0.6) is 0 Å². The highest BCUT2D eigenvalue weighted by Gasteiger charge is 2.16. The normalized spacial score (nSPS) is 11.4. The van der Waals surface area contributed by atoms with Gasteiger partial charge in [-0.1, -0.05) is 0 Å². The Bertz CT molecular complexity index is 927. The molecular weight excluding hydrogens is 382 g/mol. The summed E-state index contributed by atoms with van der Waals surface area (Å²) in [4.78, 5) is 12.1. The molecule has 0 spiro atoms. The van der Waals surface area contributed by atoms with Gasteiger partial charge >= 0.3 is 0 Å². The van der Waals surface area contributed by atoms with Crippen molar-refractivity contribution in [2.45, 2.75) is 0 Å². The molecule has 0 atom stereocenters. The maximum atomic E-state index is 11.3. The van der Waals surface area contributed by atoms with Crippen LogP contribution in [0.3, 0.4) is 0 Å². The van der Waals surface area contributed by atoms with E-state index in [0.29, 0.717) is 5.69 Å². The smallest absolute Gasteiger partial charge is 0.298 e. The monoisotopic (exact) mass is 399 g/mol. The molecule has 14 heteroatoms. The molecule has 2 rings (SSSR count). The first-order valence-electron chi connectivity index (χ1n) is 7.03. The summed E-state index contributed by atoms with van der Waals surface area (Å²) >= 11 is 0. The number of azo groups is 1. The zero-order valence-electron chi connectivity index (χ0n) is 14.7. The molecule has 0 bridgehead atoms. The van der Waals surface area contributed by atoms with E-state index >= 15 is 0 Å². The molecule has 1 heterocycles. The van der Waals surface area contributed by atoms with Gasteiger partial charge < -0.3 is 14.0 Å². The topological polar surface area (TPSA) is 168 Å². The summed E-state index contributed by atoms with van der Waals surface area (Å²) in [5, 5.41) is 26.2. The number of likely N-dealkylation sites (N-methyl/N-ethyl adjacent to an activating group) is 1. The Kier molecular flexibility index (Phi) is 7.33. The number of hydrogen-bond donors (Lipinski definition) is 0. The minimum absolute atomic E-state index is 0. The molecule has 0 unspecified atom stereocenters. The van der Waals surface area contributed by atoms with E-state index < -0.39 is 15.3 Å². The number of hydrogen-bond acceptors (Lipinski definition) is 11. The van der Waals surface area contributed by atoms with Gasteiger partial charge in [0.05, 0.1) is 11.5 Å². The van der Waals surface area contributed by atoms with Crippen molar-refractivity contribution in [1.82, 2.24) is 14.8 Å². The number of nitro benzene ring substituents is 1. The molecule has 0 saturated carbocycles. The van der Waals surface area contributed by atoms with Gasteiger partial charge in [0.25, 0.3) is 11.6 Å². The van der Waals surface area contributed by atoms with Gasteiger partial charge in [0.1, 0.15) is 6.33 Å². The lowest BCUT2D eigenvalue weighted by molar-refractivity contribution is -0.384. The van der Waals surface area contributed by atoms with E-state index in [1.165, 1.54) is 34.0 Å². The van der Waals surface area contributed by atoms with E-state index in [4.69, 9.17) is 0 Å². The number of aromatic nitrogens is 3. The second-order valence-electron chi connectivity index (χ2n) is 5.02. The summed E-state index contributed by atoms with van der Waals surface area (Å²) in [5.74, 6) is 0.177. The van der Waals surface area contributed by atoms with Crippen LogP contribution >= 0.6 is 0 Å². The van der Waals surface area contributed by atoms with Gasteiger partial charge in [-0.3, -0.25) is 14.3 Å². The van der Waals surface area contributed by atoms with Gasteiger partial charge in [0.15, 0.2) is 5.69 Å². The molecule has 13 nitrogen and oxygen atoms in total. The fraction of sp³-hybridized carbons (Fsp3) is 0.308. The van der Waals surface area contributed by atoms with Crippen LogP contribution in [-0.4, -0.2) is 52.9 Å². The van der Waals surface area contributed by atoms with E-state index in [1.807, 2.05) is 0 Å². The van der Waals surface area contributed by atoms with Crippen LogP contribution in [0.15, 0.2) is 34.8 Å². The van der Waals surface area contributed by atoms with Crippen LogP contribution in [0.4, 0.5) is 23.0 Å². The Morgan fingerprint density at radius 1 is 1.37 bits per heavy atom. The number of benzene rings is 1. The Morgan fingerprint density at radius 3 is 2.63 bits per heavy atom. The van der Waals surface area contributed by atoms with Crippen LogP contribution < -0.4 is 4.90 Å². The van der Waals surface area contributed by atoms with Crippen molar-refractivity contribution >= 4 is 33.4 Å². The summed E-state index contributed by atoms with van der Waals surface area (Å²) in [5.41, 5.74) is 0.104. The third-order valence-corrected chi connectivity index (χ3v) is 3.64. The fourth-order valence-electron chi connectivity index (χ4n) is 1.85. The predicted octanol–water partition coefficient (Wildman–Crippen LogP) is 1.50. The number of nitrogens with zero attached hydrogens (tertiary/aromatic N) is 7. The van der Waals surface area contributed by atoms with Crippen LogP contribution in [0.1, 0.15) is 0 Å². The zero-order valence-corrected chi connectivity index (χ0v) is 15.5. The van der Waals surface area contributed by atoms with Crippen molar-refractivity contribution < 1.29 is 22.1 Å². The molecule has 0 saturated heterocycles.